The summed E-state index contributed by atoms with van der Waals surface area (Å²) in [5, 5.41) is 1.98. The lowest BCUT2D eigenvalue weighted by atomic mass is 10.1. The summed E-state index contributed by atoms with van der Waals surface area (Å²) in [6.45, 7) is 0. The van der Waals surface area contributed by atoms with Crippen LogP contribution in [0.4, 0.5) is 0 Å². The molecule has 0 atom stereocenters. The van der Waals surface area contributed by atoms with Gasteiger partial charge < -0.3 is 4.74 Å². The molecule has 0 saturated carbocycles. The molecule has 0 saturated heterocycles. The highest BCUT2D eigenvalue weighted by Gasteiger charge is 2.07. The molecule has 2 rings (SSSR count). The Kier molecular flexibility index (Phi) is 3.37. The van der Waals surface area contributed by atoms with Crippen molar-refractivity contribution in [3.05, 3.63) is 52.2 Å². The van der Waals surface area contributed by atoms with E-state index in [2.05, 4.69) is 0 Å². The minimum Gasteiger partial charge on any atom is -0.497 e. The maximum Gasteiger partial charge on any atom is 0.168 e. The van der Waals surface area contributed by atoms with Crippen LogP contribution in [-0.4, -0.2) is 12.9 Å². The molecule has 82 valence electrons. The summed E-state index contributed by atoms with van der Waals surface area (Å²) in [4.78, 5) is 13.0. The number of Topliss-reactive ketones (excluding diaryl/α,β-unsaturated/α-hetero) is 1. The van der Waals surface area contributed by atoms with E-state index >= 15 is 0 Å². The Balaban J connectivity index is 2.09. The first-order valence-electron chi connectivity index (χ1n) is 4.99. The minimum atomic E-state index is 0.144. The number of hydrogen-bond donors (Lipinski definition) is 0. The second-order valence-corrected chi connectivity index (χ2v) is 4.44. The zero-order valence-electron chi connectivity index (χ0n) is 8.97. The van der Waals surface area contributed by atoms with Crippen LogP contribution in [0.3, 0.4) is 0 Å². The zero-order chi connectivity index (χ0) is 11.4. The van der Waals surface area contributed by atoms with Crippen LogP contribution in [0.2, 0.25) is 0 Å². The monoisotopic (exact) mass is 232 g/mol. The molecule has 1 aromatic heterocycles. The number of ether oxygens (including phenoxy) is 1. The van der Waals surface area contributed by atoms with Crippen molar-refractivity contribution in [2.75, 3.05) is 7.11 Å². The highest BCUT2D eigenvalue weighted by molar-refractivity contribution is 7.10. The zero-order valence-corrected chi connectivity index (χ0v) is 9.79. The van der Waals surface area contributed by atoms with Crippen molar-refractivity contribution in [3.63, 3.8) is 0 Å². The minimum absolute atomic E-state index is 0.144. The van der Waals surface area contributed by atoms with Gasteiger partial charge in [-0.2, -0.15) is 0 Å². The maximum absolute atomic E-state index is 11.9. The van der Waals surface area contributed by atoms with Crippen LogP contribution >= 0.6 is 11.3 Å². The fraction of sp³-hybridized carbons (Fsp3) is 0.154. The van der Waals surface area contributed by atoms with E-state index in [1.165, 1.54) is 0 Å². The van der Waals surface area contributed by atoms with Gasteiger partial charge in [0.05, 0.1) is 7.11 Å². The predicted molar refractivity (Wildman–Crippen MR) is 65.3 cm³/mol. The number of methoxy groups -OCH3 is 1. The molecular formula is C13H12O2S. The molecule has 0 radical (unpaired) electrons. The van der Waals surface area contributed by atoms with Crippen molar-refractivity contribution in [1.82, 2.24) is 0 Å². The van der Waals surface area contributed by atoms with Crippen LogP contribution in [-0.2, 0) is 6.42 Å². The van der Waals surface area contributed by atoms with Crippen LogP contribution in [0, 0.1) is 0 Å². The number of thiophene rings is 1. The van der Waals surface area contributed by atoms with Crippen molar-refractivity contribution < 1.29 is 9.53 Å². The topological polar surface area (TPSA) is 26.3 Å². The molecule has 1 heterocycles. The lowest BCUT2D eigenvalue weighted by Gasteiger charge is -2.01. The summed E-state index contributed by atoms with van der Waals surface area (Å²) in [5.74, 6) is 0.915. The van der Waals surface area contributed by atoms with Gasteiger partial charge in [0.2, 0.25) is 0 Å². The van der Waals surface area contributed by atoms with Gasteiger partial charge in [-0.1, -0.05) is 6.07 Å². The number of carbonyl (C=O) groups excluding carboxylic acids is 1. The van der Waals surface area contributed by atoms with Crippen molar-refractivity contribution in [3.8, 4) is 5.75 Å². The third-order valence-corrected chi connectivity index (χ3v) is 3.20. The van der Waals surface area contributed by atoms with E-state index < -0.39 is 0 Å². The van der Waals surface area contributed by atoms with Gasteiger partial charge in [-0.05, 0) is 35.7 Å². The van der Waals surface area contributed by atoms with Crippen LogP contribution in [0.25, 0.3) is 0 Å². The second kappa shape index (κ2) is 4.94. The Morgan fingerprint density at radius 3 is 2.56 bits per heavy atom. The number of ketones is 1. The third-order valence-electron chi connectivity index (χ3n) is 2.33. The van der Waals surface area contributed by atoms with Gasteiger partial charge in [-0.25, -0.2) is 0 Å². The molecular weight excluding hydrogens is 220 g/mol. The smallest absolute Gasteiger partial charge is 0.168 e. The molecule has 3 heteroatoms. The van der Waals surface area contributed by atoms with Crippen molar-refractivity contribution in [1.29, 1.82) is 0 Å². The van der Waals surface area contributed by atoms with Crippen molar-refractivity contribution in [2.45, 2.75) is 6.42 Å². The van der Waals surface area contributed by atoms with Gasteiger partial charge in [0.1, 0.15) is 5.75 Å². The van der Waals surface area contributed by atoms with Gasteiger partial charge in [-0.3, -0.25) is 4.79 Å². The van der Waals surface area contributed by atoms with Gasteiger partial charge in [0.15, 0.2) is 5.78 Å². The van der Waals surface area contributed by atoms with Gasteiger partial charge in [0.25, 0.3) is 0 Å². The SMILES string of the molecule is COc1ccc(C(=O)Cc2cccs2)cc1. The molecule has 0 N–H and O–H groups in total. The Morgan fingerprint density at radius 2 is 2.00 bits per heavy atom. The number of benzene rings is 1. The number of hydrogen-bond acceptors (Lipinski definition) is 3. The van der Waals surface area contributed by atoms with E-state index in [4.69, 9.17) is 4.74 Å². The Labute approximate surface area is 98.5 Å². The molecule has 0 aliphatic rings. The lowest BCUT2D eigenvalue weighted by Crippen LogP contribution is -2.01. The van der Waals surface area contributed by atoms with Gasteiger partial charge in [-0.15, -0.1) is 11.3 Å². The van der Waals surface area contributed by atoms with Crippen LogP contribution in [0.1, 0.15) is 15.2 Å². The first-order chi connectivity index (χ1) is 7.79. The van der Waals surface area contributed by atoms with Crippen LogP contribution in [0.15, 0.2) is 41.8 Å². The van der Waals surface area contributed by atoms with E-state index in [9.17, 15) is 4.79 Å². The molecule has 0 spiro atoms. The third kappa shape index (κ3) is 2.49. The molecule has 0 fully saturated rings. The molecule has 0 unspecified atom stereocenters. The summed E-state index contributed by atoms with van der Waals surface area (Å²) in [6, 6.07) is 11.2. The summed E-state index contributed by atoms with van der Waals surface area (Å²) in [5.41, 5.74) is 0.731. The van der Waals surface area contributed by atoms with Crippen molar-refractivity contribution >= 4 is 17.1 Å². The van der Waals surface area contributed by atoms with Gasteiger partial charge in [0, 0.05) is 16.9 Å². The highest BCUT2D eigenvalue weighted by atomic mass is 32.1. The number of carbonyl (C=O) groups is 1. The summed E-state index contributed by atoms with van der Waals surface area (Å²) < 4.78 is 5.05. The largest absolute Gasteiger partial charge is 0.497 e. The Bertz CT molecular complexity index is 457. The fourth-order valence-electron chi connectivity index (χ4n) is 1.45. The Morgan fingerprint density at radius 1 is 1.25 bits per heavy atom. The standard InChI is InChI=1S/C13H12O2S/c1-15-11-6-4-10(5-7-11)13(14)9-12-3-2-8-16-12/h2-8H,9H2,1H3. The average molecular weight is 232 g/mol. The second-order valence-electron chi connectivity index (χ2n) is 3.41. The molecule has 0 aliphatic heterocycles. The molecule has 0 aliphatic carbocycles. The number of rotatable bonds is 4. The van der Waals surface area contributed by atoms with E-state index in [-0.39, 0.29) is 5.78 Å². The quantitative estimate of drug-likeness (QED) is 0.757. The maximum atomic E-state index is 11.9. The fourth-order valence-corrected chi connectivity index (χ4v) is 2.15. The van der Waals surface area contributed by atoms with Crippen LogP contribution < -0.4 is 4.74 Å². The predicted octanol–water partition coefficient (Wildman–Crippen LogP) is 3.18. The molecule has 16 heavy (non-hydrogen) atoms. The first-order valence-corrected chi connectivity index (χ1v) is 5.87. The van der Waals surface area contributed by atoms with E-state index in [1.807, 2.05) is 29.6 Å². The first kappa shape index (κ1) is 10.9. The van der Waals surface area contributed by atoms with Gasteiger partial charge >= 0.3 is 0 Å². The lowest BCUT2D eigenvalue weighted by molar-refractivity contribution is 0.0994. The van der Waals surface area contributed by atoms with E-state index in [0.717, 1.165) is 16.2 Å². The van der Waals surface area contributed by atoms with E-state index in [1.54, 1.807) is 30.6 Å². The average Bonchev–Trinajstić information content (AvgIpc) is 2.82. The van der Waals surface area contributed by atoms with Crippen molar-refractivity contribution in [2.24, 2.45) is 0 Å². The molecule has 2 aromatic rings. The molecule has 2 nitrogen and oxygen atoms in total. The summed E-state index contributed by atoms with van der Waals surface area (Å²) in [7, 11) is 1.61. The Hall–Kier alpha value is -1.61. The van der Waals surface area contributed by atoms with E-state index in [0.29, 0.717) is 6.42 Å². The highest BCUT2D eigenvalue weighted by Crippen LogP contribution is 2.15. The van der Waals surface area contributed by atoms with Crippen LogP contribution in [0.5, 0.6) is 5.75 Å². The normalized spacial score (nSPS) is 10.1. The molecule has 0 amide bonds. The summed E-state index contributed by atoms with van der Waals surface area (Å²) in [6.07, 6.45) is 0.476. The molecule has 0 bridgehead atoms. The molecule has 1 aromatic carbocycles. The summed E-state index contributed by atoms with van der Waals surface area (Å²) >= 11 is 1.61.